The molecule has 0 aliphatic carbocycles. The van der Waals surface area contributed by atoms with Crippen LogP contribution in [0.15, 0.2) is 0 Å². The molecule has 0 atom stereocenters. The molecule has 0 amide bonds. The van der Waals surface area contributed by atoms with Crippen molar-refractivity contribution in [3.63, 3.8) is 0 Å². The van der Waals surface area contributed by atoms with Crippen LogP contribution in [0.4, 0.5) is 0 Å². The predicted octanol–water partition coefficient (Wildman–Crippen LogP) is -2.13. The maximum Gasteiger partial charge on any atom is 3.00 e. The van der Waals surface area contributed by atoms with Crippen molar-refractivity contribution in [1.29, 1.82) is 0 Å². The summed E-state index contributed by atoms with van der Waals surface area (Å²) in [6.07, 6.45) is 0.535. The van der Waals surface area contributed by atoms with Crippen molar-refractivity contribution in [2.45, 2.75) is 25.7 Å². The third-order valence-electron chi connectivity index (χ3n) is 1.01. The topological polar surface area (TPSA) is 110 Å². The molecule has 1 N–H and O–H groups in total. The molecule has 0 aromatic rings. The van der Waals surface area contributed by atoms with Crippen LogP contribution in [0.1, 0.15) is 25.7 Å². The smallest absolute Gasteiger partial charge is 0.870 e. The summed E-state index contributed by atoms with van der Waals surface area (Å²) >= 11 is 0. The van der Waals surface area contributed by atoms with E-state index < -0.39 is 11.9 Å². The SMILES string of the molecule is O=C([O-])CCCCC(=O)[O-].[Cr+3].[OH-]. The van der Waals surface area contributed by atoms with Gasteiger partial charge < -0.3 is 25.3 Å². The Morgan fingerprint density at radius 2 is 1.17 bits per heavy atom. The first-order valence-corrected chi connectivity index (χ1v) is 3.02. The summed E-state index contributed by atoms with van der Waals surface area (Å²) in [5.74, 6) is -2.28. The maximum atomic E-state index is 9.77. The van der Waals surface area contributed by atoms with Crippen LogP contribution >= 0.6 is 0 Å². The number of rotatable bonds is 5. The van der Waals surface area contributed by atoms with Crippen LogP contribution < -0.4 is 10.2 Å². The summed E-state index contributed by atoms with van der Waals surface area (Å²) in [5, 5.41) is 19.5. The minimum absolute atomic E-state index is 0. The number of carbonyl (C=O) groups is 2. The van der Waals surface area contributed by atoms with Gasteiger partial charge in [0.2, 0.25) is 0 Å². The van der Waals surface area contributed by atoms with Gasteiger partial charge in [0.15, 0.2) is 0 Å². The van der Waals surface area contributed by atoms with Crippen LogP contribution in [0.25, 0.3) is 0 Å². The van der Waals surface area contributed by atoms with E-state index >= 15 is 0 Å². The number of unbranched alkanes of at least 4 members (excludes halogenated alkanes) is 1. The molecule has 0 fully saturated rings. The zero-order valence-electron chi connectivity index (χ0n) is 6.32. The van der Waals surface area contributed by atoms with Crippen LogP contribution in [-0.4, -0.2) is 17.4 Å². The molecule has 0 aliphatic rings. The Morgan fingerprint density at radius 3 is 1.33 bits per heavy atom. The van der Waals surface area contributed by atoms with Gasteiger partial charge in [-0.1, -0.05) is 0 Å². The Balaban J connectivity index is -0.000000405. The van der Waals surface area contributed by atoms with Gasteiger partial charge in [-0.3, -0.25) is 0 Å². The quantitative estimate of drug-likeness (QED) is 0.484. The van der Waals surface area contributed by atoms with Gasteiger partial charge in [-0.2, -0.15) is 0 Å². The fourth-order valence-electron chi connectivity index (χ4n) is 0.539. The molecule has 0 saturated carbocycles. The van der Waals surface area contributed by atoms with E-state index in [-0.39, 0.29) is 35.7 Å². The normalized spacial score (nSPS) is 7.67. The van der Waals surface area contributed by atoms with Gasteiger partial charge in [-0.25, -0.2) is 0 Å². The molecule has 0 heterocycles. The second kappa shape index (κ2) is 10.4. The largest absolute Gasteiger partial charge is 3.00 e. The molecule has 0 aliphatic heterocycles. The number of carbonyl (C=O) groups excluding carboxylic acids is 2. The average Bonchev–Trinajstić information content (AvgIpc) is 1.79. The molecule has 12 heavy (non-hydrogen) atoms. The zero-order chi connectivity index (χ0) is 7.98. The molecule has 0 spiro atoms. The molecule has 69 valence electrons. The fraction of sp³-hybridized carbons (Fsp3) is 0.667. The number of aliphatic carboxylic acids is 2. The van der Waals surface area contributed by atoms with Crippen molar-refractivity contribution in [3.05, 3.63) is 0 Å². The Bertz CT molecular complexity index is 120. The molecule has 0 saturated heterocycles. The molecule has 0 rings (SSSR count). The first-order valence-electron chi connectivity index (χ1n) is 3.02. The van der Waals surface area contributed by atoms with Gasteiger partial charge in [0.1, 0.15) is 0 Å². The Labute approximate surface area is 80.8 Å². The summed E-state index contributed by atoms with van der Waals surface area (Å²) < 4.78 is 0. The molecule has 5 nitrogen and oxygen atoms in total. The van der Waals surface area contributed by atoms with Crippen LogP contribution in [-0.2, 0) is 27.0 Å². The monoisotopic (exact) mass is 213 g/mol. The van der Waals surface area contributed by atoms with Crippen molar-refractivity contribution in [2.75, 3.05) is 0 Å². The van der Waals surface area contributed by atoms with Crippen molar-refractivity contribution < 1.29 is 42.6 Å². The fourth-order valence-corrected chi connectivity index (χ4v) is 0.539. The van der Waals surface area contributed by atoms with E-state index in [2.05, 4.69) is 0 Å². The zero-order valence-corrected chi connectivity index (χ0v) is 7.59. The molecule has 0 unspecified atom stereocenters. The van der Waals surface area contributed by atoms with Gasteiger partial charge in [-0.15, -0.1) is 0 Å². The molecule has 0 aromatic heterocycles. The van der Waals surface area contributed by atoms with Crippen LogP contribution in [0, 0.1) is 0 Å². The van der Waals surface area contributed by atoms with Crippen molar-refractivity contribution in [1.82, 2.24) is 0 Å². The van der Waals surface area contributed by atoms with E-state index in [1.54, 1.807) is 0 Å². The minimum Gasteiger partial charge on any atom is -0.870 e. The first kappa shape index (κ1) is 17.5. The van der Waals surface area contributed by atoms with E-state index in [4.69, 9.17) is 0 Å². The summed E-state index contributed by atoms with van der Waals surface area (Å²) in [6, 6.07) is 0. The Hall–Kier alpha value is -0.568. The number of carboxylic acids is 2. The van der Waals surface area contributed by atoms with E-state index in [1.807, 2.05) is 0 Å². The van der Waals surface area contributed by atoms with Crippen molar-refractivity contribution in [2.24, 2.45) is 0 Å². The summed E-state index contributed by atoms with van der Waals surface area (Å²) in [5.41, 5.74) is 0. The third kappa shape index (κ3) is 16.2. The minimum atomic E-state index is -1.14. The van der Waals surface area contributed by atoms with E-state index in [9.17, 15) is 19.8 Å². The summed E-state index contributed by atoms with van der Waals surface area (Å²) in [4.78, 5) is 19.5. The second-order valence-corrected chi connectivity index (χ2v) is 1.95. The first-order chi connectivity index (χ1) is 4.63. The average molecular weight is 213 g/mol. The molecular weight excluding hydrogens is 204 g/mol. The van der Waals surface area contributed by atoms with Crippen LogP contribution in [0.3, 0.4) is 0 Å². The second-order valence-electron chi connectivity index (χ2n) is 1.95. The molecule has 0 aromatic carbocycles. The molecule has 1 radical (unpaired) electrons. The predicted molar refractivity (Wildman–Crippen MR) is 30.4 cm³/mol. The van der Waals surface area contributed by atoms with E-state index in [0.29, 0.717) is 12.8 Å². The number of carboxylic acid groups (broad SMARTS) is 2. The molecular formula is C6H9CrO5. The van der Waals surface area contributed by atoms with E-state index in [1.165, 1.54) is 0 Å². The van der Waals surface area contributed by atoms with Crippen molar-refractivity contribution in [3.8, 4) is 0 Å². The number of hydrogen-bond acceptors (Lipinski definition) is 5. The number of hydrogen-bond donors (Lipinski definition) is 0. The van der Waals surface area contributed by atoms with E-state index in [0.717, 1.165) is 0 Å². The molecule has 6 heteroatoms. The maximum absolute atomic E-state index is 9.77. The van der Waals surface area contributed by atoms with Gasteiger partial charge >= 0.3 is 17.4 Å². The van der Waals surface area contributed by atoms with Gasteiger partial charge in [0, 0.05) is 11.9 Å². The van der Waals surface area contributed by atoms with Crippen LogP contribution in [0.2, 0.25) is 0 Å². The standard InChI is InChI=1S/C6H10O4.Cr.H2O/c7-5(8)3-1-2-4-6(9)10;;/h1-4H2,(H,7,8)(H,9,10);;1H2/q;+3;/p-3. The Morgan fingerprint density at radius 1 is 0.917 bits per heavy atom. The summed E-state index contributed by atoms with van der Waals surface area (Å²) in [7, 11) is 0. The summed E-state index contributed by atoms with van der Waals surface area (Å²) in [6.45, 7) is 0. The van der Waals surface area contributed by atoms with Gasteiger partial charge in [0.05, 0.1) is 0 Å². The molecule has 0 bridgehead atoms. The van der Waals surface area contributed by atoms with Gasteiger partial charge in [-0.05, 0) is 25.7 Å². The third-order valence-corrected chi connectivity index (χ3v) is 1.01. The van der Waals surface area contributed by atoms with Gasteiger partial charge in [0.25, 0.3) is 0 Å². The van der Waals surface area contributed by atoms with Crippen molar-refractivity contribution >= 4 is 11.9 Å². The Kier molecular flexibility index (Phi) is 15.2. The van der Waals surface area contributed by atoms with Crippen LogP contribution in [0.5, 0.6) is 0 Å².